The van der Waals surface area contributed by atoms with Crippen molar-refractivity contribution >= 4 is 24.0 Å². The second kappa shape index (κ2) is 12.9. The number of rotatable bonds is 11. The number of esters is 1. The van der Waals surface area contributed by atoms with Crippen molar-refractivity contribution < 1.29 is 33.1 Å². The molecule has 0 fully saturated rings. The van der Waals surface area contributed by atoms with E-state index in [0.717, 1.165) is 24.1 Å². The SMILES string of the molecule is CCCCNC(=O)NC(=O)COC(=O)/C=C/c1ccc(OCc2c(C)noc2C)c(OC)c1. The Morgan fingerprint density at radius 1 is 1.18 bits per heavy atom. The van der Waals surface area contributed by atoms with E-state index in [0.29, 0.717) is 29.4 Å². The van der Waals surface area contributed by atoms with E-state index in [1.54, 1.807) is 18.2 Å². The number of unbranched alkanes of at least 4 members (excludes halogenated alkanes) is 1. The van der Waals surface area contributed by atoms with Gasteiger partial charge in [0.25, 0.3) is 5.91 Å². The van der Waals surface area contributed by atoms with Gasteiger partial charge < -0.3 is 24.1 Å². The lowest BCUT2D eigenvalue weighted by molar-refractivity contribution is -0.143. The predicted octanol–water partition coefficient (Wildman–Crippen LogP) is 3.06. The number of carbonyl (C=O) groups is 3. The first-order valence-electron chi connectivity index (χ1n) is 10.5. The molecular formula is C23H29N3O7. The van der Waals surface area contributed by atoms with Crippen LogP contribution < -0.4 is 20.1 Å². The van der Waals surface area contributed by atoms with Crippen molar-refractivity contribution in [2.24, 2.45) is 0 Å². The van der Waals surface area contributed by atoms with E-state index in [9.17, 15) is 14.4 Å². The molecule has 33 heavy (non-hydrogen) atoms. The van der Waals surface area contributed by atoms with Crippen LogP contribution in [-0.4, -0.2) is 43.3 Å². The van der Waals surface area contributed by atoms with Gasteiger partial charge in [0.15, 0.2) is 18.1 Å². The lowest BCUT2D eigenvalue weighted by atomic mass is 10.2. The lowest BCUT2D eigenvalue weighted by Crippen LogP contribution is -2.41. The van der Waals surface area contributed by atoms with Gasteiger partial charge in [-0.25, -0.2) is 9.59 Å². The predicted molar refractivity (Wildman–Crippen MR) is 120 cm³/mol. The van der Waals surface area contributed by atoms with E-state index in [2.05, 4.69) is 15.8 Å². The zero-order chi connectivity index (χ0) is 24.2. The monoisotopic (exact) mass is 459 g/mol. The molecule has 0 radical (unpaired) electrons. The highest BCUT2D eigenvalue weighted by Crippen LogP contribution is 2.30. The van der Waals surface area contributed by atoms with Crippen LogP contribution >= 0.6 is 0 Å². The Morgan fingerprint density at radius 2 is 1.97 bits per heavy atom. The summed E-state index contributed by atoms with van der Waals surface area (Å²) in [5, 5.41) is 8.52. The minimum Gasteiger partial charge on any atom is -0.493 e. The van der Waals surface area contributed by atoms with Gasteiger partial charge in [-0.2, -0.15) is 0 Å². The quantitative estimate of drug-likeness (QED) is 0.298. The molecule has 2 aromatic rings. The highest BCUT2D eigenvalue weighted by atomic mass is 16.5. The van der Waals surface area contributed by atoms with Crippen molar-refractivity contribution in [3.63, 3.8) is 0 Å². The normalized spacial score (nSPS) is 10.7. The first-order chi connectivity index (χ1) is 15.8. The van der Waals surface area contributed by atoms with Gasteiger partial charge >= 0.3 is 12.0 Å². The molecule has 2 N–H and O–H groups in total. The Hall–Kier alpha value is -3.82. The molecule has 178 valence electrons. The number of imide groups is 1. The van der Waals surface area contributed by atoms with Crippen LogP contribution in [0, 0.1) is 13.8 Å². The van der Waals surface area contributed by atoms with Crippen molar-refractivity contribution in [3.8, 4) is 11.5 Å². The maximum absolute atomic E-state index is 11.9. The first kappa shape index (κ1) is 25.4. The van der Waals surface area contributed by atoms with Crippen molar-refractivity contribution in [3.05, 3.63) is 46.9 Å². The molecule has 0 atom stereocenters. The van der Waals surface area contributed by atoms with Crippen LogP contribution in [0.1, 0.15) is 42.3 Å². The van der Waals surface area contributed by atoms with Crippen LogP contribution in [0.2, 0.25) is 0 Å². The Morgan fingerprint density at radius 3 is 2.64 bits per heavy atom. The number of methoxy groups -OCH3 is 1. The largest absolute Gasteiger partial charge is 0.493 e. The Bertz CT molecular complexity index is 978. The first-order valence-corrected chi connectivity index (χ1v) is 10.5. The molecule has 0 bridgehead atoms. The summed E-state index contributed by atoms with van der Waals surface area (Å²) in [6, 6.07) is 4.53. The maximum atomic E-state index is 11.9. The third-order valence-electron chi connectivity index (χ3n) is 4.57. The van der Waals surface area contributed by atoms with Crippen molar-refractivity contribution in [1.29, 1.82) is 0 Å². The highest BCUT2D eigenvalue weighted by molar-refractivity contribution is 5.96. The van der Waals surface area contributed by atoms with Gasteiger partial charge in [-0.05, 0) is 44.0 Å². The second-order valence-electron chi connectivity index (χ2n) is 7.10. The summed E-state index contributed by atoms with van der Waals surface area (Å²) in [6.07, 6.45) is 4.41. The third-order valence-corrected chi connectivity index (χ3v) is 4.57. The van der Waals surface area contributed by atoms with Crippen LogP contribution in [0.4, 0.5) is 4.79 Å². The van der Waals surface area contributed by atoms with Gasteiger partial charge in [0, 0.05) is 12.6 Å². The molecule has 10 nitrogen and oxygen atoms in total. The molecule has 1 aromatic carbocycles. The molecule has 0 aliphatic rings. The minimum atomic E-state index is -0.728. The number of aromatic nitrogens is 1. The van der Waals surface area contributed by atoms with Crippen LogP contribution in [0.3, 0.4) is 0 Å². The van der Waals surface area contributed by atoms with Gasteiger partial charge in [-0.15, -0.1) is 0 Å². The molecule has 0 spiro atoms. The number of nitrogens with one attached hydrogen (secondary N) is 2. The van der Waals surface area contributed by atoms with E-state index in [-0.39, 0.29) is 6.61 Å². The molecule has 0 unspecified atom stereocenters. The lowest BCUT2D eigenvalue weighted by Gasteiger charge is -2.11. The number of nitrogens with zero attached hydrogens (tertiary/aromatic N) is 1. The molecule has 0 aliphatic heterocycles. The summed E-state index contributed by atoms with van der Waals surface area (Å²) < 4.78 is 21.2. The number of hydrogen-bond donors (Lipinski definition) is 2. The van der Waals surface area contributed by atoms with Gasteiger partial charge in [0.1, 0.15) is 12.4 Å². The third kappa shape index (κ3) is 8.32. The molecule has 0 saturated carbocycles. The number of benzene rings is 1. The molecule has 0 saturated heterocycles. The van der Waals surface area contributed by atoms with Crippen LogP contribution in [0.25, 0.3) is 6.08 Å². The number of amides is 3. The topological polar surface area (TPSA) is 129 Å². The second-order valence-corrected chi connectivity index (χ2v) is 7.10. The number of ether oxygens (including phenoxy) is 3. The number of carbonyl (C=O) groups excluding carboxylic acids is 3. The number of urea groups is 1. The van der Waals surface area contributed by atoms with E-state index in [1.807, 2.05) is 20.8 Å². The van der Waals surface area contributed by atoms with Crippen LogP contribution in [0.5, 0.6) is 11.5 Å². The van der Waals surface area contributed by atoms with E-state index >= 15 is 0 Å². The molecule has 10 heteroatoms. The molecule has 2 rings (SSSR count). The van der Waals surface area contributed by atoms with Gasteiger partial charge in [-0.1, -0.05) is 24.6 Å². The molecule has 0 aliphatic carbocycles. The molecule has 1 aromatic heterocycles. The summed E-state index contributed by atoms with van der Waals surface area (Å²) in [6.45, 7) is 5.81. The van der Waals surface area contributed by atoms with E-state index in [4.69, 9.17) is 18.7 Å². The van der Waals surface area contributed by atoms with Crippen molar-refractivity contribution in [2.75, 3.05) is 20.3 Å². The molecular weight excluding hydrogens is 430 g/mol. The zero-order valence-electron chi connectivity index (χ0n) is 19.2. The Balaban J connectivity index is 1.85. The molecule has 1 heterocycles. The van der Waals surface area contributed by atoms with Crippen LogP contribution in [-0.2, 0) is 20.9 Å². The van der Waals surface area contributed by atoms with Gasteiger partial charge in [0.05, 0.1) is 18.4 Å². The smallest absolute Gasteiger partial charge is 0.331 e. The van der Waals surface area contributed by atoms with Crippen molar-refractivity contribution in [2.45, 2.75) is 40.2 Å². The fourth-order valence-corrected chi connectivity index (χ4v) is 2.70. The highest BCUT2D eigenvalue weighted by Gasteiger charge is 2.12. The number of hydrogen-bond acceptors (Lipinski definition) is 8. The van der Waals surface area contributed by atoms with Gasteiger partial charge in [-0.3, -0.25) is 10.1 Å². The average molecular weight is 459 g/mol. The summed E-state index contributed by atoms with van der Waals surface area (Å²) in [7, 11) is 1.51. The van der Waals surface area contributed by atoms with E-state index in [1.165, 1.54) is 19.3 Å². The standard InChI is InChI=1S/C23H29N3O7/c1-5-6-11-24-23(29)25-21(27)14-32-22(28)10-8-17-7-9-19(20(12-17)30-4)31-13-18-15(2)26-33-16(18)3/h7-10,12H,5-6,11,13-14H2,1-4H3,(H2,24,25,27,29)/b10-8+. The molecule has 3 amide bonds. The zero-order valence-corrected chi connectivity index (χ0v) is 19.2. The average Bonchev–Trinajstić information content (AvgIpc) is 3.12. The summed E-state index contributed by atoms with van der Waals surface area (Å²) >= 11 is 0. The Kier molecular flexibility index (Phi) is 9.94. The van der Waals surface area contributed by atoms with E-state index < -0.39 is 24.5 Å². The summed E-state index contributed by atoms with van der Waals surface area (Å²) in [4.78, 5) is 35.0. The van der Waals surface area contributed by atoms with Crippen molar-refractivity contribution in [1.82, 2.24) is 15.8 Å². The Labute approximate surface area is 192 Å². The fraction of sp³-hybridized carbons (Fsp3) is 0.391. The minimum absolute atomic E-state index is 0.276. The van der Waals surface area contributed by atoms with Gasteiger partial charge in [0.2, 0.25) is 0 Å². The van der Waals surface area contributed by atoms with Crippen LogP contribution in [0.15, 0.2) is 28.8 Å². The summed E-state index contributed by atoms with van der Waals surface area (Å²) in [5.41, 5.74) is 2.29. The number of aryl methyl sites for hydroxylation is 2. The summed E-state index contributed by atoms with van der Waals surface area (Å²) in [5.74, 6) is 0.244. The maximum Gasteiger partial charge on any atom is 0.331 e. The fourth-order valence-electron chi connectivity index (χ4n) is 2.70.